The Morgan fingerprint density at radius 1 is 1.14 bits per heavy atom. The summed E-state index contributed by atoms with van der Waals surface area (Å²) < 4.78 is 0. The van der Waals surface area contributed by atoms with Gasteiger partial charge in [0.1, 0.15) is 0 Å². The Labute approximate surface area is 172 Å². The maximum absolute atomic E-state index is 11.6. The summed E-state index contributed by atoms with van der Waals surface area (Å²) in [5.74, 6) is 1.76. The Morgan fingerprint density at radius 3 is 2.59 bits per heavy atom. The van der Waals surface area contributed by atoms with Gasteiger partial charge in [0, 0.05) is 31.7 Å². The van der Waals surface area contributed by atoms with Crippen LogP contribution < -0.4 is 5.32 Å². The zero-order valence-corrected chi connectivity index (χ0v) is 17.1. The second kappa shape index (κ2) is 7.26. The minimum atomic E-state index is -0.534. The van der Waals surface area contributed by atoms with Crippen LogP contribution in [0.25, 0.3) is 0 Å². The van der Waals surface area contributed by atoms with E-state index in [0.717, 1.165) is 50.1 Å². The van der Waals surface area contributed by atoms with Gasteiger partial charge in [-0.2, -0.15) is 0 Å². The van der Waals surface area contributed by atoms with Gasteiger partial charge in [-0.15, -0.1) is 0 Å². The molecule has 2 heterocycles. The van der Waals surface area contributed by atoms with Gasteiger partial charge in [0.25, 0.3) is 0 Å². The summed E-state index contributed by atoms with van der Waals surface area (Å²) in [4.78, 5) is 14.2. The standard InChI is InChI=1S/C25H30N2O2/c1-17(19-7-8-23-20(9-19)10-24(28)26-23)14-27-15-21-12-25(29,13-22(21)16-27)11-18-5-3-2-4-6-18/h2-9,17,21-22,29H,10-16H2,1H3,(H,26,28)/t17?,21-,22+,25-. The lowest BCUT2D eigenvalue weighted by Crippen LogP contribution is -2.33. The highest BCUT2D eigenvalue weighted by Gasteiger charge is 2.48. The molecule has 2 aromatic carbocycles. The van der Waals surface area contributed by atoms with Crippen LogP contribution in [0.5, 0.6) is 0 Å². The molecule has 29 heavy (non-hydrogen) atoms. The van der Waals surface area contributed by atoms with Gasteiger partial charge in [-0.25, -0.2) is 0 Å². The lowest BCUT2D eigenvalue weighted by atomic mass is 9.91. The number of carbonyl (C=O) groups is 1. The van der Waals surface area contributed by atoms with E-state index in [1.54, 1.807) is 0 Å². The molecule has 1 unspecified atom stereocenters. The van der Waals surface area contributed by atoms with E-state index in [-0.39, 0.29) is 5.91 Å². The molecular weight excluding hydrogens is 360 g/mol. The van der Waals surface area contributed by atoms with Gasteiger partial charge < -0.3 is 15.3 Å². The van der Waals surface area contributed by atoms with Crippen LogP contribution in [-0.2, 0) is 17.6 Å². The number of rotatable bonds is 5. The molecule has 1 saturated carbocycles. The van der Waals surface area contributed by atoms with E-state index in [1.165, 1.54) is 11.1 Å². The molecule has 3 aliphatic rings. The predicted octanol–water partition coefficient (Wildman–Crippen LogP) is 3.60. The zero-order valence-electron chi connectivity index (χ0n) is 17.1. The van der Waals surface area contributed by atoms with E-state index >= 15 is 0 Å². The summed E-state index contributed by atoms with van der Waals surface area (Å²) in [5, 5.41) is 14.1. The summed E-state index contributed by atoms with van der Waals surface area (Å²) in [6.45, 7) is 5.52. The molecule has 152 valence electrons. The van der Waals surface area contributed by atoms with Gasteiger partial charge in [-0.3, -0.25) is 4.79 Å². The summed E-state index contributed by atoms with van der Waals surface area (Å²) in [6.07, 6.45) is 3.12. The van der Waals surface area contributed by atoms with Crippen LogP contribution in [-0.4, -0.2) is 41.1 Å². The van der Waals surface area contributed by atoms with Crippen LogP contribution in [0.15, 0.2) is 48.5 Å². The van der Waals surface area contributed by atoms with Crippen molar-refractivity contribution in [3.05, 3.63) is 65.2 Å². The van der Waals surface area contributed by atoms with Crippen molar-refractivity contribution in [2.75, 3.05) is 25.0 Å². The molecule has 2 aliphatic heterocycles. The highest BCUT2D eigenvalue weighted by Crippen LogP contribution is 2.45. The maximum atomic E-state index is 11.6. The summed E-state index contributed by atoms with van der Waals surface area (Å²) in [5.41, 5.74) is 4.12. The second-order valence-corrected chi connectivity index (χ2v) is 9.58. The van der Waals surface area contributed by atoms with E-state index in [0.29, 0.717) is 24.2 Å². The van der Waals surface area contributed by atoms with E-state index in [1.807, 2.05) is 6.07 Å². The fourth-order valence-electron chi connectivity index (χ4n) is 5.88. The van der Waals surface area contributed by atoms with Crippen molar-refractivity contribution in [2.45, 2.75) is 44.1 Å². The number of nitrogens with one attached hydrogen (secondary N) is 1. The average molecular weight is 391 g/mol. The Morgan fingerprint density at radius 2 is 1.86 bits per heavy atom. The summed E-state index contributed by atoms with van der Waals surface area (Å²) >= 11 is 0. The fraction of sp³-hybridized carbons (Fsp3) is 0.480. The normalized spacial score (nSPS) is 29.5. The van der Waals surface area contributed by atoms with Gasteiger partial charge >= 0.3 is 0 Å². The average Bonchev–Trinajstić information content (AvgIpc) is 3.31. The highest BCUT2D eigenvalue weighted by atomic mass is 16.3. The van der Waals surface area contributed by atoms with E-state index in [2.05, 4.69) is 59.6 Å². The van der Waals surface area contributed by atoms with Gasteiger partial charge in [0.05, 0.1) is 12.0 Å². The molecule has 2 N–H and O–H groups in total. The first-order chi connectivity index (χ1) is 14.0. The van der Waals surface area contributed by atoms with Gasteiger partial charge in [0.15, 0.2) is 0 Å². The van der Waals surface area contributed by atoms with E-state index in [4.69, 9.17) is 0 Å². The van der Waals surface area contributed by atoms with Crippen molar-refractivity contribution in [1.82, 2.24) is 4.90 Å². The first-order valence-corrected chi connectivity index (χ1v) is 10.9. The molecule has 2 aromatic rings. The third kappa shape index (κ3) is 3.84. The molecule has 4 atom stereocenters. The number of nitrogens with zero attached hydrogens (tertiary/aromatic N) is 1. The number of anilines is 1. The Hall–Kier alpha value is -2.17. The van der Waals surface area contributed by atoms with Crippen molar-refractivity contribution in [2.24, 2.45) is 11.8 Å². The van der Waals surface area contributed by atoms with E-state index in [9.17, 15) is 9.90 Å². The molecule has 1 aliphatic carbocycles. The van der Waals surface area contributed by atoms with Crippen molar-refractivity contribution in [3.63, 3.8) is 0 Å². The first kappa shape index (κ1) is 18.8. The third-order valence-electron chi connectivity index (χ3n) is 7.17. The molecule has 2 fully saturated rings. The molecule has 0 bridgehead atoms. The number of amides is 1. The molecule has 4 nitrogen and oxygen atoms in total. The zero-order chi connectivity index (χ0) is 20.0. The number of hydrogen-bond donors (Lipinski definition) is 2. The second-order valence-electron chi connectivity index (χ2n) is 9.58. The minimum Gasteiger partial charge on any atom is -0.390 e. The molecule has 5 rings (SSSR count). The number of likely N-dealkylation sites (tertiary alicyclic amines) is 1. The fourth-order valence-corrected chi connectivity index (χ4v) is 5.88. The monoisotopic (exact) mass is 390 g/mol. The van der Waals surface area contributed by atoms with Crippen molar-refractivity contribution >= 4 is 11.6 Å². The Kier molecular flexibility index (Phi) is 4.72. The van der Waals surface area contributed by atoms with Crippen molar-refractivity contribution < 1.29 is 9.90 Å². The quantitative estimate of drug-likeness (QED) is 0.820. The van der Waals surface area contributed by atoms with Gasteiger partial charge in [-0.05, 0) is 53.4 Å². The van der Waals surface area contributed by atoms with Crippen molar-refractivity contribution in [1.29, 1.82) is 0 Å². The molecular formula is C25H30N2O2. The summed E-state index contributed by atoms with van der Waals surface area (Å²) in [6, 6.07) is 16.8. The molecule has 1 amide bonds. The van der Waals surface area contributed by atoms with Crippen molar-refractivity contribution in [3.8, 4) is 0 Å². The lowest BCUT2D eigenvalue weighted by molar-refractivity contribution is -0.115. The summed E-state index contributed by atoms with van der Waals surface area (Å²) in [7, 11) is 0. The van der Waals surface area contributed by atoms with Crippen LogP contribution >= 0.6 is 0 Å². The topological polar surface area (TPSA) is 52.6 Å². The van der Waals surface area contributed by atoms with Crippen LogP contribution in [0.4, 0.5) is 5.69 Å². The minimum absolute atomic E-state index is 0.0974. The van der Waals surface area contributed by atoms with Crippen LogP contribution in [0.1, 0.15) is 42.4 Å². The lowest BCUT2D eigenvalue weighted by Gasteiger charge is -2.27. The van der Waals surface area contributed by atoms with Crippen LogP contribution in [0.3, 0.4) is 0 Å². The molecule has 0 aromatic heterocycles. The molecule has 0 spiro atoms. The molecule has 0 radical (unpaired) electrons. The number of carbonyl (C=O) groups excluding carboxylic acids is 1. The SMILES string of the molecule is CC(CN1C[C@@H]2C[C@@](O)(Cc3ccccc3)C[C@@H]2C1)c1ccc2c(c1)CC(=O)N2. The van der Waals surface area contributed by atoms with Crippen LogP contribution in [0.2, 0.25) is 0 Å². The van der Waals surface area contributed by atoms with Crippen LogP contribution in [0, 0.1) is 11.8 Å². The van der Waals surface area contributed by atoms with Gasteiger partial charge in [-0.1, -0.05) is 49.4 Å². The first-order valence-electron chi connectivity index (χ1n) is 10.9. The molecule has 1 saturated heterocycles. The predicted molar refractivity (Wildman–Crippen MR) is 115 cm³/mol. The third-order valence-corrected chi connectivity index (χ3v) is 7.17. The number of hydrogen-bond acceptors (Lipinski definition) is 3. The highest BCUT2D eigenvalue weighted by molar-refractivity contribution is 5.99. The smallest absolute Gasteiger partial charge is 0.228 e. The molecule has 4 heteroatoms. The largest absolute Gasteiger partial charge is 0.390 e. The number of fused-ring (bicyclic) bond motifs is 2. The number of benzene rings is 2. The Balaban J connectivity index is 1.18. The Bertz CT molecular complexity index is 896. The maximum Gasteiger partial charge on any atom is 0.228 e. The number of aliphatic hydroxyl groups is 1. The van der Waals surface area contributed by atoms with Gasteiger partial charge in [0.2, 0.25) is 5.91 Å². The van der Waals surface area contributed by atoms with E-state index < -0.39 is 5.60 Å².